The fourth-order valence-electron chi connectivity index (χ4n) is 2.64. The largest absolute Gasteiger partial charge is 0.492 e. The first-order chi connectivity index (χ1) is 13.6. The maximum Gasteiger partial charge on any atom is 0.322 e. The van der Waals surface area contributed by atoms with Gasteiger partial charge in [-0.1, -0.05) is 48.5 Å². The van der Waals surface area contributed by atoms with Gasteiger partial charge in [-0.3, -0.25) is 4.90 Å². The molecule has 3 rings (SSSR count). The Morgan fingerprint density at radius 1 is 0.893 bits per heavy atom. The number of nitrogens with one attached hydrogen (secondary N) is 1. The van der Waals surface area contributed by atoms with Gasteiger partial charge in [-0.15, -0.1) is 0 Å². The van der Waals surface area contributed by atoms with Gasteiger partial charge in [0.2, 0.25) is 0 Å². The van der Waals surface area contributed by atoms with Crippen LogP contribution in [0.5, 0.6) is 5.75 Å². The summed E-state index contributed by atoms with van der Waals surface area (Å²) in [6, 6.07) is 22.1. The van der Waals surface area contributed by atoms with Gasteiger partial charge in [0.1, 0.15) is 12.4 Å². The van der Waals surface area contributed by atoms with Crippen LogP contribution in [0, 0.1) is 11.6 Å². The Hall–Kier alpha value is -3.41. The van der Waals surface area contributed by atoms with Crippen LogP contribution in [0.4, 0.5) is 19.3 Å². The van der Waals surface area contributed by atoms with Crippen molar-refractivity contribution in [2.45, 2.75) is 6.54 Å². The highest BCUT2D eigenvalue weighted by molar-refractivity contribution is 5.91. The van der Waals surface area contributed by atoms with Crippen molar-refractivity contribution in [1.29, 1.82) is 0 Å². The number of rotatable bonds is 7. The monoisotopic (exact) mass is 382 g/mol. The maximum atomic E-state index is 13.2. The summed E-state index contributed by atoms with van der Waals surface area (Å²) in [7, 11) is 0. The molecule has 0 spiro atoms. The van der Waals surface area contributed by atoms with E-state index in [9.17, 15) is 13.6 Å². The average molecular weight is 382 g/mol. The summed E-state index contributed by atoms with van der Waals surface area (Å²) in [5.41, 5.74) is 1.77. The molecule has 0 aromatic heterocycles. The summed E-state index contributed by atoms with van der Waals surface area (Å²) in [5.74, 6) is -1.70. The van der Waals surface area contributed by atoms with Gasteiger partial charge in [-0.2, -0.15) is 0 Å². The fraction of sp³-hybridized carbons (Fsp3) is 0.136. The topological polar surface area (TPSA) is 41.6 Å². The number of urea groups is 1. The van der Waals surface area contributed by atoms with Gasteiger partial charge in [-0.05, 0) is 29.8 Å². The predicted octanol–water partition coefficient (Wildman–Crippen LogP) is 4.76. The first-order valence-corrected chi connectivity index (χ1v) is 8.85. The Kier molecular flexibility index (Phi) is 6.57. The quantitative estimate of drug-likeness (QED) is 0.599. The van der Waals surface area contributed by atoms with Gasteiger partial charge >= 0.3 is 6.03 Å². The normalized spacial score (nSPS) is 10.4. The van der Waals surface area contributed by atoms with Crippen molar-refractivity contribution in [3.8, 4) is 5.75 Å². The number of hydrogen-bond acceptors (Lipinski definition) is 2. The molecule has 0 aliphatic carbocycles. The van der Waals surface area contributed by atoms with Crippen molar-refractivity contribution in [2.24, 2.45) is 0 Å². The zero-order chi connectivity index (χ0) is 19.8. The lowest BCUT2D eigenvalue weighted by Gasteiger charge is -2.23. The fourth-order valence-corrected chi connectivity index (χ4v) is 2.64. The average Bonchev–Trinajstić information content (AvgIpc) is 2.73. The van der Waals surface area contributed by atoms with Crippen molar-refractivity contribution in [3.63, 3.8) is 0 Å². The molecular weight excluding hydrogens is 362 g/mol. The number of amides is 2. The molecule has 0 heterocycles. The minimum atomic E-state index is -0.973. The summed E-state index contributed by atoms with van der Waals surface area (Å²) in [4.78, 5) is 14.3. The Bertz CT molecular complexity index is 905. The predicted molar refractivity (Wildman–Crippen MR) is 104 cm³/mol. The number of nitrogens with zero attached hydrogens (tertiary/aromatic N) is 1. The van der Waals surface area contributed by atoms with Gasteiger partial charge in [0.15, 0.2) is 11.6 Å². The van der Waals surface area contributed by atoms with E-state index in [2.05, 4.69) is 5.32 Å². The van der Waals surface area contributed by atoms with Crippen LogP contribution in [0.25, 0.3) is 0 Å². The molecule has 0 bridgehead atoms. The van der Waals surface area contributed by atoms with Crippen LogP contribution in [0.15, 0.2) is 78.9 Å². The maximum absolute atomic E-state index is 13.2. The Morgan fingerprint density at radius 3 is 2.25 bits per heavy atom. The van der Waals surface area contributed by atoms with E-state index in [-0.39, 0.29) is 24.9 Å². The molecule has 0 saturated carbocycles. The van der Waals surface area contributed by atoms with Crippen LogP contribution in [0.2, 0.25) is 0 Å². The third kappa shape index (κ3) is 5.30. The number of anilines is 1. The minimum absolute atomic E-state index is 0.130. The lowest BCUT2D eigenvalue weighted by molar-refractivity contribution is 0.241. The second-order valence-corrected chi connectivity index (χ2v) is 6.06. The van der Waals surface area contributed by atoms with E-state index in [4.69, 9.17) is 4.74 Å². The number of halogens is 2. The van der Waals surface area contributed by atoms with E-state index in [1.165, 1.54) is 6.07 Å². The summed E-state index contributed by atoms with van der Waals surface area (Å²) in [6.45, 7) is 0.765. The van der Waals surface area contributed by atoms with E-state index >= 15 is 0 Å². The van der Waals surface area contributed by atoms with Crippen LogP contribution < -0.4 is 15.0 Å². The summed E-state index contributed by atoms with van der Waals surface area (Å²) >= 11 is 0. The zero-order valence-corrected chi connectivity index (χ0v) is 15.1. The van der Waals surface area contributed by atoms with Crippen LogP contribution in [0.3, 0.4) is 0 Å². The van der Waals surface area contributed by atoms with E-state index in [1.54, 1.807) is 4.90 Å². The molecule has 28 heavy (non-hydrogen) atoms. The standard InChI is InChI=1S/C22H20F2N2O2/c23-20-12-11-19(15-21(20)24)28-14-13-25-22(27)26(18-9-5-2-6-10-18)16-17-7-3-1-4-8-17/h1-12,15H,13-14,16H2,(H,25,27). The SMILES string of the molecule is O=C(NCCOc1ccc(F)c(F)c1)N(Cc1ccccc1)c1ccccc1. The third-order valence-corrected chi connectivity index (χ3v) is 4.03. The number of ether oxygens (including phenoxy) is 1. The molecule has 1 N–H and O–H groups in total. The molecule has 6 heteroatoms. The van der Waals surface area contributed by atoms with Crippen LogP contribution >= 0.6 is 0 Å². The Labute approximate surface area is 162 Å². The van der Waals surface area contributed by atoms with Crippen molar-refractivity contribution in [3.05, 3.63) is 96.1 Å². The van der Waals surface area contributed by atoms with Crippen molar-refractivity contribution in [2.75, 3.05) is 18.1 Å². The Morgan fingerprint density at radius 2 is 1.57 bits per heavy atom. The van der Waals surface area contributed by atoms with Crippen LogP contribution in [-0.2, 0) is 6.54 Å². The molecule has 0 saturated heterocycles. The lowest BCUT2D eigenvalue weighted by atomic mass is 10.2. The Balaban J connectivity index is 1.59. The number of para-hydroxylation sites is 1. The molecule has 144 valence electrons. The number of benzene rings is 3. The van der Waals surface area contributed by atoms with E-state index < -0.39 is 11.6 Å². The summed E-state index contributed by atoms with van der Waals surface area (Å²) in [5, 5.41) is 2.79. The third-order valence-electron chi connectivity index (χ3n) is 4.03. The van der Waals surface area contributed by atoms with Gasteiger partial charge in [-0.25, -0.2) is 13.6 Å². The first kappa shape index (κ1) is 19.4. The molecular formula is C22H20F2N2O2. The molecule has 0 atom stereocenters. The molecule has 0 radical (unpaired) electrons. The van der Waals surface area contributed by atoms with Gasteiger partial charge in [0.05, 0.1) is 13.1 Å². The van der Waals surface area contributed by atoms with Crippen LogP contribution in [0.1, 0.15) is 5.56 Å². The summed E-state index contributed by atoms with van der Waals surface area (Å²) in [6.07, 6.45) is 0. The molecule has 0 unspecified atom stereocenters. The van der Waals surface area contributed by atoms with Gasteiger partial charge in [0, 0.05) is 11.8 Å². The van der Waals surface area contributed by atoms with Crippen molar-refractivity contribution < 1.29 is 18.3 Å². The van der Waals surface area contributed by atoms with Crippen LogP contribution in [-0.4, -0.2) is 19.2 Å². The number of hydrogen-bond donors (Lipinski definition) is 1. The van der Waals surface area contributed by atoms with E-state index in [0.717, 1.165) is 23.4 Å². The molecule has 0 fully saturated rings. The highest BCUT2D eigenvalue weighted by Crippen LogP contribution is 2.17. The smallest absolute Gasteiger partial charge is 0.322 e. The molecule has 0 aliphatic heterocycles. The molecule has 3 aromatic carbocycles. The number of carbonyl (C=O) groups is 1. The second-order valence-electron chi connectivity index (χ2n) is 6.06. The van der Waals surface area contributed by atoms with Gasteiger partial charge < -0.3 is 10.1 Å². The molecule has 4 nitrogen and oxygen atoms in total. The molecule has 3 aromatic rings. The minimum Gasteiger partial charge on any atom is -0.492 e. The van der Waals surface area contributed by atoms with E-state index in [1.807, 2.05) is 60.7 Å². The molecule has 2 amide bonds. The van der Waals surface area contributed by atoms with Gasteiger partial charge in [0.25, 0.3) is 0 Å². The zero-order valence-electron chi connectivity index (χ0n) is 15.1. The highest BCUT2D eigenvalue weighted by atomic mass is 19.2. The summed E-state index contributed by atoms with van der Waals surface area (Å²) < 4.78 is 31.5. The van der Waals surface area contributed by atoms with Crippen molar-refractivity contribution in [1.82, 2.24) is 5.32 Å². The van der Waals surface area contributed by atoms with Crippen molar-refractivity contribution >= 4 is 11.7 Å². The number of carbonyl (C=O) groups excluding carboxylic acids is 1. The highest BCUT2D eigenvalue weighted by Gasteiger charge is 2.15. The molecule has 0 aliphatic rings. The lowest BCUT2D eigenvalue weighted by Crippen LogP contribution is -2.41. The second kappa shape index (κ2) is 9.50. The first-order valence-electron chi connectivity index (χ1n) is 8.85. The van der Waals surface area contributed by atoms with E-state index in [0.29, 0.717) is 6.54 Å².